The topological polar surface area (TPSA) is 68.5 Å². The lowest BCUT2D eigenvalue weighted by Gasteiger charge is -2.34. The van der Waals surface area contributed by atoms with E-state index < -0.39 is 6.04 Å². The Balaban J connectivity index is 1.75. The number of methoxy groups -OCH3 is 1. The molecule has 1 aromatic carbocycles. The largest absolute Gasteiger partial charge is 0.497 e. The minimum atomic E-state index is -0.520. The Bertz CT molecular complexity index is 830. The molecule has 3 amide bonds. The van der Waals surface area contributed by atoms with Crippen molar-refractivity contribution < 1.29 is 18.9 Å². The minimum absolute atomic E-state index is 0.194. The molecule has 136 valence electrons. The van der Waals surface area contributed by atoms with Crippen molar-refractivity contribution in [3.05, 3.63) is 24.3 Å². The van der Waals surface area contributed by atoms with Gasteiger partial charge in [-0.2, -0.15) is 0 Å². The molecule has 3 aliphatic heterocycles. The van der Waals surface area contributed by atoms with Crippen LogP contribution in [0, 0.1) is 0 Å². The monoisotopic (exact) mass is 356 g/mol. The quantitative estimate of drug-likeness (QED) is 0.757. The highest BCUT2D eigenvalue weighted by Gasteiger charge is 2.53. The summed E-state index contributed by atoms with van der Waals surface area (Å²) in [6, 6.07) is 6.93. The molecule has 8 heteroatoms. The van der Waals surface area contributed by atoms with Crippen LogP contribution in [0.15, 0.2) is 29.3 Å². The van der Waals surface area contributed by atoms with Crippen molar-refractivity contribution in [2.45, 2.75) is 19.4 Å². The zero-order chi connectivity index (χ0) is 18.4. The van der Waals surface area contributed by atoms with Crippen LogP contribution in [0.1, 0.15) is 13.3 Å². The molecule has 3 aliphatic rings. The van der Waals surface area contributed by atoms with Crippen molar-refractivity contribution in [2.75, 3.05) is 38.7 Å². The summed E-state index contributed by atoms with van der Waals surface area (Å²) >= 11 is 0. The van der Waals surface area contributed by atoms with Crippen molar-refractivity contribution in [2.24, 2.45) is 4.99 Å². The first-order valence-electron chi connectivity index (χ1n) is 8.79. The van der Waals surface area contributed by atoms with E-state index >= 15 is 0 Å². The van der Waals surface area contributed by atoms with Crippen LogP contribution in [-0.4, -0.2) is 77.9 Å². The van der Waals surface area contributed by atoms with E-state index in [-0.39, 0.29) is 11.9 Å². The number of hydrogen-bond donors (Lipinski definition) is 0. The summed E-state index contributed by atoms with van der Waals surface area (Å²) in [5, 5.41) is 0. The maximum Gasteiger partial charge on any atom is 0.397 e. The molecule has 1 fully saturated rings. The number of likely N-dealkylation sites (N-methyl/N-ethyl adjacent to an activating group) is 2. The molecule has 0 aromatic heterocycles. The molecule has 0 spiro atoms. The fourth-order valence-electron chi connectivity index (χ4n) is 3.75. The first-order valence-corrected chi connectivity index (χ1v) is 8.79. The molecule has 1 atom stereocenters. The smallest absolute Gasteiger partial charge is 0.397 e. The number of nitrogens with zero attached hydrogens (tertiary/aromatic N) is 5. The zero-order valence-electron chi connectivity index (χ0n) is 15.2. The Kier molecular flexibility index (Phi) is 3.90. The highest BCUT2D eigenvalue weighted by Crippen LogP contribution is 2.27. The molecule has 0 N–H and O–H groups in total. The van der Waals surface area contributed by atoms with Gasteiger partial charge in [-0.1, -0.05) is 4.99 Å². The standard InChI is InChI=1S/C18H22N5O3/c1-4-21-16(24)14-15(20(2)18(21)25)19-17-22(10-5-11-23(14)17)12-6-8-13(26-3)9-7-12/h6-9,14H,4-5,10-11H2,1-3H3/q+1. The van der Waals surface area contributed by atoms with Gasteiger partial charge in [0.15, 0.2) is 0 Å². The second kappa shape index (κ2) is 6.12. The second-order valence-corrected chi connectivity index (χ2v) is 6.49. The van der Waals surface area contributed by atoms with Crippen LogP contribution in [0.4, 0.5) is 10.5 Å². The van der Waals surface area contributed by atoms with Crippen LogP contribution in [0.3, 0.4) is 0 Å². The highest BCUT2D eigenvalue weighted by atomic mass is 16.5. The molecule has 0 bridgehead atoms. The number of ether oxygens (including phenoxy) is 1. The number of benzene rings is 1. The number of hydrogen-bond acceptors (Lipinski definition) is 5. The van der Waals surface area contributed by atoms with Gasteiger partial charge in [0.05, 0.1) is 20.2 Å². The van der Waals surface area contributed by atoms with Crippen molar-refractivity contribution in [1.29, 1.82) is 0 Å². The van der Waals surface area contributed by atoms with Crippen LogP contribution < -0.4 is 9.64 Å². The summed E-state index contributed by atoms with van der Waals surface area (Å²) in [7, 11) is 3.32. The van der Waals surface area contributed by atoms with Gasteiger partial charge in [0.1, 0.15) is 11.4 Å². The number of fused-ring (bicyclic) bond motifs is 2. The van der Waals surface area contributed by atoms with Crippen molar-refractivity contribution in [1.82, 2.24) is 9.80 Å². The van der Waals surface area contributed by atoms with Gasteiger partial charge in [-0.05, 0) is 31.2 Å². The molecule has 1 saturated heterocycles. The Morgan fingerprint density at radius 3 is 2.65 bits per heavy atom. The number of anilines is 1. The summed E-state index contributed by atoms with van der Waals surface area (Å²) in [5.41, 5.74) is 0.988. The maximum absolute atomic E-state index is 12.9. The predicted molar refractivity (Wildman–Crippen MR) is 96.9 cm³/mol. The van der Waals surface area contributed by atoms with Crippen LogP contribution in [0.25, 0.3) is 0 Å². The third kappa shape index (κ3) is 2.28. The number of carbonyl (C=O) groups is 2. The normalized spacial score (nSPS) is 22.5. The lowest BCUT2D eigenvalue weighted by Crippen LogP contribution is -2.63. The fraction of sp³-hybridized carbons (Fsp3) is 0.444. The van der Waals surface area contributed by atoms with E-state index in [4.69, 9.17) is 9.73 Å². The number of amides is 3. The maximum atomic E-state index is 12.9. The van der Waals surface area contributed by atoms with E-state index in [1.54, 1.807) is 14.2 Å². The third-order valence-electron chi connectivity index (χ3n) is 5.11. The molecular weight excluding hydrogens is 334 g/mol. The molecule has 3 heterocycles. The number of amidine groups is 1. The average Bonchev–Trinajstić information content (AvgIpc) is 3.07. The summed E-state index contributed by atoms with van der Waals surface area (Å²) in [4.78, 5) is 34.9. The van der Waals surface area contributed by atoms with Crippen LogP contribution >= 0.6 is 0 Å². The van der Waals surface area contributed by atoms with Crippen LogP contribution in [-0.2, 0) is 4.79 Å². The Labute approximate surface area is 152 Å². The predicted octanol–water partition coefficient (Wildman–Crippen LogP) is 0.968. The van der Waals surface area contributed by atoms with Gasteiger partial charge < -0.3 is 4.74 Å². The van der Waals surface area contributed by atoms with Gasteiger partial charge in [0, 0.05) is 20.0 Å². The van der Waals surface area contributed by atoms with Gasteiger partial charge in [-0.25, -0.2) is 14.3 Å². The molecule has 0 aliphatic carbocycles. The zero-order valence-corrected chi connectivity index (χ0v) is 15.2. The Hall–Kier alpha value is -2.90. The second-order valence-electron chi connectivity index (χ2n) is 6.49. The summed E-state index contributed by atoms with van der Waals surface area (Å²) in [5.74, 6) is 1.84. The molecule has 1 unspecified atom stereocenters. The average molecular weight is 356 g/mol. The van der Waals surface area contributed by atoms with Gasteiger partial charge in [0.25, 0.3) is 5.91 Å². The number of imide groups is 1. The number of guanidine groups is 1. The van der Waals surface area contributed by atoms with E-state index in [2.05, 4.69) is 4.90 Å². The van der Waals surface area contributed by atoms with Gasteiger partial charge in [0.2, 0.25) is 11.9 Å². The summed E-state index contributed by atoms with van der Waals surface area (Å²) < 4.78 is 7.24. The lowest BCUT2D eigenvalue weighted by molar-refractivity contribution is -0.539. The van der Waals surface area contributed by atoms with Crippen molar-refractivity contribution >= 4 is 29.4 Å². The minimum Gasteiger partial charge on any atom is -0.497 e. The number of urea groups is 1. The molecule has 1 aromatic rings. The molecule has 0 radical (unpaired) electrons. The SMILES string of the molecule is CCN1C(=O)C2C(=NC3=[N+]2CCCN3c2ccc(OC)cc2)N(C)C1=O. The van der Waals surface area contributed by atoms with Gasteiger partial charge in [-0.3, -0.25) is 14.6 Å². The number of rotatable bonds is 3. The fourth-order valence-corrected chi connectivity index (χ4v) is 3.75. The first-order chi connectivity index (χ1) is 12.6. The molecule has 0 saturated carbocycles. The van der Waals surface area contributed by atoms with E-state index in [1.807, 2.05) is 35.8 Å². The van der Waals surface area contributed by atoms with Gasteiger partial charge in [-0.15, -0.1) is 0 Å². The van der Waals surface area contributed by atoms with Gasteiger partial charge >= 0.3 is 12.0 Å². The summed E-state index contributed by atoms with van der Waals surface area (Å²) in [6.45, 7) is 3.72. The van der Waals surface area contributed by atoms with E-state index in [0.717, 1.165) is 36.9 Å². The lowest BCUT2D eigenvalue weighted by atomic mass is 10.1. The van der Waals surface area contributed by atoms with Crippen LogP contribution in [0.2, 0.25) is 0 Å². The summed E-state index contributed by atoms with van der Waals surface area (Å²) in [6.07, 6.45) is 0.909. The Morgan fingerprint density at radius 1 is 1.27 bits per heavy atom. The third-order valence-corrected chi connectivity index (χ3v) is 5.11. The molecule has 8 nitrogen and oxygen atoms in total. The molecule has 26 heavy (non-hydrogen) atoms. The first kappa shape index (κ1) is 16.6. The van der Waals surface area contributed by atoms with Crippen molar-refractivity contribution in [3.8, 4) is 5.75 Å². The Morgan fingerprint density at radius 2 is 2.00 bits per heavy atom. The van der Waals surface area contributed by atoms with Crippen LogP contribution in [0.5, 0.6) is 5.75 Å². The number of carbonyl (C=O) groups excluding carboxylic acids is 2. The molecular formula is C18H22N5O3+. The van der Waals surface area contributed by atoms with E-state index in [9.17, 15) is 9.59 Å². The number of aliphatic imine (C=N–C) groups is 1. The molecule has 4 rings (SSSR count). The highest BCUT2D eigenvalue weighted by molar-refractivity contribution is 6.24. The van der Waals surface area contributed by atoms with Crippen molar-refractivity contribution in [3.63, 3.8) is 0 Å². The van der Waals surface area contributed by atoms with E-state index in [1.165, 1.54) is 9.80 Å². The van der Waals surface area contributed by atoms with E-state index in [0.29, 0.717) is 12.4 Å².